The molecule has 1 atom stereocenters. The van der Waals surface area contributed by atoms with E-state index in [1.54, 1.807) is 0 Å². The van der Waals surface area contributed by atoms with Crippen LogP contribution in [-0.4, -0.2) is 16.7 Å². The fourth-order valence-electron chi connectivity index (χ4n) is 1.97. The van der Waals surface area contributed by atoms with E-state index >= 15 is 0 Å². The molecule has 1 aromatic heterocycles. The Morgan fingerprint density at radius 1 is 1.24 bits per heavy atom. The minimum Gasteiger partial charge on any atom is -0.484 e. The molecule has 1 N–H and O–H groups in total. The number of nitrogens with zero attached hydrogens (tertiary/aromatic N) is 2. The molecule has 5 nitrogen and oxygen atoms in total. The van der Waals surface area contributed by atoms with Gasteiger partial charge in [0, 0.05) is 12.5 Å². The molecule has 2 rings (SSSR count). The minimum atomic E-state index is 0.302. The second-order valence-corrected chi connectivity index (χ2v) is 4.99. The Labute approximate surface area is 125 Å². The van der Waals surface area contributed by atoms with E-state index in [4.69, 9.17) is 9.26 Å². The molecule has 0 saturated heterocycles. The van der Waals surface area contributed by atoms with Crippen molar-refractivity contribution >= 4 is 0 Å². The maximum Gasteiger partial charge on any atom is 0.264 e. The molecule has 1 aromatic carbocycles. The maximum absolute atomic E-state index is 5.65. The first-order valence-corrected chi connectivity index (χ1v) is 7.50. The van der Waals surface area contributed by atoms with Crippen LogP contribution in [0.15, 0.2) is 28.8 Å². The number of aryl methyl sites for hydroxylation is 1. The van der Waals surface area contributed by atoms with Crippen LogP contribution in [0.4, 0.5) is 0 Å². The third-order valence-corrected chi connectivity index (χ3v) is 3.27. The number of ether oxygens (including phenoxy) is 1. The van der Waals surface area contributed by atoms with Gasteiger partial charge in [0.15, 0.2) is 12.4 Å². The molecule has 0 amide bonds. The van der Waals surface area contributed by atoms with Crippen LogP contribution >= 0.6 is 0 Å². The smallest absolute Gasteiger partial charge is 0.264 e. The number of rotatable bonds is 8. The lowest BCUT2D eigenvalue weighted by molar-refractivity contribution is 0.242. The Balaban J connectivity index is 1.87. The average molecular weight is 289 g/mol. The number of hydrogen-bond donors (Lipinski definition) is 1. The highest BCUT2D eigenvalue weighted by molar-refractivity contribution is 5.28. The Hall–Kier alpha value is -1.88. The fraction of sp³-hybridized carbons (Fsp3) is 0.500. The van der Waals surface area contributed by atoms with Gasteiger partial charge in [0.25, 0.3) is 5.89 Å². The summed E-state index contributed by atoms with van der Waals surface area (Å²) < 4.78 is 10.7. The molecule has 0 radical (unpaired) electrons. The van der Waals surface area contributed by atoms with Gasteiger partial charge in [-0.2, -0.15) is 4.98 Å². The van der Waals surface area contributed by atoms with Gasteiger partial charge >= 0.3 is 0 Å². The summed E-state index contributed by atoms with van der Waals surface area (Å²) in [5, 5.41) is 7.30. The summed E-state index contributed by atoms with van der Waals surface area (Å²) in [5.74, 6) is 2.02. The summed E-state index contributed by atoms with van der Waals surface area (Å²) in [7, 11) is 0. The molecule has 1 heterocycles. The first-order valence-electron chi connectivity index (χ1n) is 7.50. The van der Waals surface area contributed by atoms with Crippen LogP contribution in [0.25, 0.3) is 0 Å². The molecule has 0 bridgehead atoms. The number of aromatic nitrogens is 2. The summed E-state index contributed by atoms with van der Waals surface area (Å²) in [6.45, 7) is 7.64. The van der Waals surface area contributed by atoms with Gasteiger partial charge in [-0.25, -0.2) is 0 Å². The largest absolute Gasteiger partial charge is 0.484 e. The molecule has 0 fully saturated rings. The zero-order valence-corrected chi connectivity index (χ0v) is 12.9. The lowest BCUT2D eigenvalue weighted by Gasteiger charge is -2.14. The Bertz CT molecular complexity index is 537. The van der Waals surface area contributed by atoms with Crippen molar-refractivity contribution in [3.8, 4) is 5.75 Å². The average Bonchev–Trinajstić information content (AvgIpc) is 2.99. The molecule has 2 aromatic rings. The molecule has 0 spiro atoms. The van der Waals surface area contributed by atoms with Crippen molar-refractivity contribution < 1.29 is 9.26 Å². The zero-order valence-electron chi connectivity index (χ0n) is 12.9. The molecule has 114 valence electrons. The van der Waals surface area contributed by atoms with Gasteiger partial charge in [0.05, 0.1) is 0 Å². The highest BCUT2D eigenvalue weighted by atomic mass is 16.5. The second kappa shape index (κ2) is 7.78. The van der Waals surface area contributed by atoms with E-state index in [-0.39, 0.29) is 0 Å². The molecule has 0 aliphatic rings. The first kappa shape index (κ1) is 15.5. The summed E-state index contributed by atoms with van der Waals surface area (Å²) in [6.07, 6.45) is 1.90. The summed E-state index contributed by atoms with van der Waals surface area (Å²) in [4.78, 5) is 4.21. The molecule has 0 aliphatic carbocycles. The van der Waals surface area contributed by atoms with Gasteiger partial charge < -0.3 is 14.6 Å². The SMILES string of the molecule is CCCNC(C)c1ccc(OCc2nc(CC)no2)cc1. The summed E-state index contributed by atoms with van der Waals surface area (Å²) in [6, 6.07) is 8.44. The van der Waals surface area contributed by atoms with Gasteiger partial charge in [-0.05, 0) is 37.6 Å². The number of benzene rings is 1. The van der Waals surface area contributed by atoms with Crippen LogP contribution in [0, 0.1) is 0 Å². The Morgan fingerprint density at radius 2 is 2.00 bits per heavy atom. The van der Waals surface area contributed by atoms with Gasteiger partial charge in [-0.15, -0.1) is 0 Å². The zero-order chi connectivity index (χ0) is 15.1. The molecule has 1 unspecified atom stereocenters. The van der Waals surface area contributed by atoms with E-state index < -0.39 is 0 Å². The quantitative estimate of drug-likeness (QED) is 0.808. The van der Waals surface area contributed by atoms with Crippen LogP contribution in [0.1, 0.15) is 50.5 Å². The van der Waals surface area contributed by atoms with Gasteiger partial charge in [-0.1, -0.05) is 31.1 Å². The Morgan fingerprint density at radius 3 is 2.62 bits per heavy atom. The van der Waals surface area contributed by atoms with E-state index in [0.717, 1.165) is 25.1 Å². The van der Waals surface area contributed by atoms with Crippen molar-refractivity contribution in [2.45, 2.75) is 46.3 Å². The van der Waals surface area contributed by atoms with Gasteiger partial charge in [0.2, 0.25) is 0 Å². The Kier molecular flexibility index (Phi) is 5.75. The number of nitrogens with one attached hydrogen (secondary N) is 1. The van der Waals surface area contributed by atoms with Crippen LogP contribution in [0.2, 0.25) is 0 Å². The third kappa shape index (κ3) is 4.56. The predicted octanol–water partition coefficient (Wildman–Crippen LogP) is 3.27. The van der Waals surface area contributed by atoms with Crippen LogP contribution < -0.4 is 10.1 Å². The molecular weight excluding hydrogens is 266 g/mol. The topological polar surface area (TPSA) is 60.2 Å². The highest BCUT2D eigenvalue weighted by Crippen LogP contribution is 2.18. The minimum absolute atomic E-state index is 0.302. The van der Waals surface area contributed by atoms with Crippen LogP contribution in [0.3, 0.4) is 0 Å². The van der Waals surface area contributed by atoms with Crippen molar-refractivity contribution in [3.63, 3.8) is 0 Å². The van der Waals surface area contributed by atoms with Crippen LogP contribution in [0.5, 0.6) is 5.75 Å². The van der Waals surface area contributed by atoms with E-state index in [9.17, 15) is 0 Å². The van der Waals surface area contributed by atoms with Gasteiger partial charge in [0.1, 0.15) is 5.75 Å². The number of hydrogen-bond acceptors (Lipinski definition) is 5. The van der Waals surface area contributed by atoms with Crippen molar-refractivity contribution in [3.05, 3.63) is 41.5 Å². The normalized spacial score (nSPS) is 12.3. The van der Waals surface area contributed by atoms with Crippen LogP contribution in [-0.2, 0) is 13.0 Å². The third-order valence-electron chi connectivity index (χ3n) is 3.27. The van der Waals surface area contributed by atoms with Gasteiger partial charge in [-0.3, -0.25) is 0 Å². The van der Waals surface area contributed by atoms with Crippen molar-refractivity contribution in [2.24, 2.45) is 0 Å². The van der Waals surface area contributed by atoms with E-state index in [0.29, 0.717) is 24.4 Å². The molecule has 0 aliphatic heterocycles. The van der Waals surface area contributed by atoms with E-state index in [1.165, 1.54) is 5.56 Å². The monoisotopic (exact) mass is 289 g/mol. The highest BCUT2D eigenvalue weighted by Gasteiger charge is 2.07. The maximum atomic E-state index is 5.65. The summed E-state index contributed by atoms with van der Waals surface area (Å²) in [5.41, 5.74) is 1.25. The first-order chi connectivity index (χ1) is 10.2. The molecule has 21 heavy (non-hydrogen) atoms. The lowest BCUT2D eigenvalue weighted by Crippen LogP contribution is -2.19. The van der Waals surface area contributed by atoms with Crippen molar-refractivity contribution in [1.82, 2.24) is 15.5 Å². The molecule has 5 heteroatoms. The van der Waals surface area contributed by atoms with Crippen molar-refractivity contribution in [1.29, 1.82) is 0 Å². The van der Waals surface area contributed by atoms with E-state index in [2.05, 4.69) is 41.4 Å². The predicted molar refractivity (Wildman–Crippen MR) is 81.2 cm³/mol. The summed E-state index contributed by atoms with van der Waals surface area (Å²) >= 11 is 0. The second-order valence-electron chi connectivity index (χ2n) is 4.99. The standard InChI is InChI=1S/C16H23N3O2/c1-4-10-17-12(3)13-6-8-14(9-7-13)20-11-16-18-15(5-2)19-21-16/h6-9,12,17H,4-5,10-11H2,1-3H3. The molecule has 0 saturated carbocycles. The molecular formula is C16H23N3O2. The fourth-order valence-corrected chi connectivity index (χ4v) is 1.97. The lowest BCUT2D eigenvalue weighted by atomic mass is 10.1. The van der Waals surface area contributed by atoms with E-state index in [1.807, 2.05) is 19.1 Å². The van der Waals surface area contributed by atoms with Crippen molar-refractivity contribution in [2.75, 3.05) is 6.54 Å².